The highest BCUT2D eigenvalue weighted by molar-refractivity contribution is 5.90. The monoisotopic (exact) mass is 295 g/mol. The van der Waals surface area contributed by atoms with Gasteiger partial charge in [-0.1, -0.05) is 24.3 Å². The number of rotatable bonds is 6. The van der Waals surface area contributed by atoms with E-state index >= 15 is 0 Å². The molecule has 0 spiro atoms. The molecule has 0 saturated heterocycles. The molecular formula is C19H21NO2. The van der Waals surface area contributed by atoms with Gasteiger partial charge in [0.05, 0.1) is 6.61 Å². The maximum Gasteiger partial charge on any atom is 0.224 e. The summed E-state index contributed by atoms with van der Waals surface area (Å²) in [5, 5.41) is 2.98. The fraction of sp³-hybridized carbons (Fsp3) is 0.316. The van der Waals surface area contributed by atoms with E-state index in [4.69, 9.17) is 4.74 Å². The first kappa shape index (κ1) is 14.6. The second-order valence-electron chi connectivity index (χ2n) is 5.65. The fourth-order valence-electron chi connectivity index (χ4n) is 2.81. The van der Waals surface area contributed by atoms with Crippen molar-refractivity contribution in [2.75, 3.05) is 11.9 Å². The molecule has 1 aliphatic rings. The van der Waals surface area contributed by atoms with Gasteiger partial charge in [-0.15, -0.1) is 0 Å². The van der Waals surface area contributed by atoms with Crippen LogP contribution in [0.15, 0.2) is 48.5 Å². The molecule has 0 heterocycles. The summed E-state index contributed by atoms with van der Waals surface area (Å²) in [6, 6.07) is 15.9. The maximum atomic E-state index is 12.0. The third-order valence-electron chi connectivity index (χ3n) is 3.94. The van der Waals surface area contributed by atoms with E-state index in [1.54, 1.807) is 0 Å². The quantitative estimate of drug-likeness (QED) is 0.819. The number of hydrogen-bond acceptors (Lipinski definition) is 2. The Morgan fingerprint density at radius 1 is 1.05 bits per heavy atom. The van der Waals surface area contributed by atoms with Crippen LogP contribution in [0.1, 0.15) is 30.4 Å². The van der Waals surface area contributed by atoms with E-state index in [0.717, 1.165) is 17.9 Å². The topological polar surface area (TPSA) is 38.3 Å². The number of amides is 1. The first-order chi connectivity index (χ1) is 10.8. The van der Waals surface area contributed by atoms with Gasteiger partial charge in [0, 0.05) is 12.1 Å². The van der Waals surface area contributed by atoms with Crippen molar-refractivity contribution in [1.29, 1.82) is 0 Å². The van der Waals surface area contributed by atoms with Gasteiger partial charge >= 0.3 is 0 Å². The van der Waals surface area contributed by atoms with Crippen LogP contribution in [-0.2, 0) is 17.6 Å². The number of carbonyl (C=O) groups is 1. The van der Waals surface area contributed by atoms with Crippen LogP contribution in [0.2, 0.25) is 0 Å². The minimum absolute atomic E-state index is 0.0506. The van der Waals surface area contributed by atoms with E-state index in [-0.39, 0.29) is 5.91 Å². The lowest BCUT2D eigenvalue weighted by atomic mass is 10.1. The molecule has 0 unspecified atom stereocenters. The van der Waals surface area contributed by atoms with Gasteiger partial charge < -0.3 is 10.1 Å². The number of anilines is 1. The van der Waals surface area contributed by atoms with Crippen LogP contribution in [0.25, 0.3) is 0 Å². The summed E-state index contributed by atoms with van der Waals surface area (Å²) in [5.41, 5.74) is 3.72. The van der Waals surface area contributed by atoms with E-state index in [1.165, 1.54) is 24.0 Å². The molecule has 3 nitrogen and oxygen atoms in total. The molecule has 0 saturated carbocycles. The van der Waals surface area contributed by atoms with Gasteiger partial charge in [-0.2, -0.15) is 0 Å². The largest absolute Gasteiger partial charge is 0.494 e. The van der Waals surface area contributed by atoms with Crippen molar-refractivity contribution in [2.45, 2.75) is 32.1 Å². The summed E-state index contributed by atoms with van der Waals surface area (Å²) in [6.45, 7) is 0.557. The van der Waals surface area contributed by atoms with Crippen molar-refractivity contribution in [1.82, 2.24) is 0 Å². The minimum Gasteiger partial charge on any atom is -0.494 e. The van der Waals surface area contributed by atoms with Crippen molar-refractivity contribution < 1.29 is 9.53 Å². The van der Waals surface area contributed by atoms with Gasteiger partial charge in [0.25, 0.3) is 0 Å². The number of fused-ring (bicyclic) bond motifs is 1. The van der Waals surface area contributed by atoms with Gasteiger partial charge in [0.15, 0.2) is 0 Å². The van der Waals surface area contributed by atoms with Crippen LogP contribution in [0.4, 0.5) is 5.69 Å². The molecule has 2 aromatic rings. The molecule has 2 aromatic carbocycles. The maximum absolute atomic E-state index is 12.0. The number of aryl methyl sites for hydroxylation is 2. The standard InChI is InChI=1S/C19H21NO2/c21-19(10-5-13-22-18-8-2-1-3-9-18)20-17-12-11-15-6-4-7-16(15)14-17/h1-3,8-9,11-12,14H,4-7,10,13H2,(H,20,21). The predicted molar refractivity (Wildman–Crippen MR) is 88.3 cm³/mol. The number of hydrogen-bond donors (Lipinski definition) is 1. The fourth-order valence-corrected chi connectivity index (χ4v) is 2.81. The van der Waals surface area contributed by atoms with Gasteiger partial charge in [-0.05, 0) is 61.1 Å². The number of nitrogens with one attached hydrogen (secondary N) is 1. The number of para-hydroxylation sites is 1. The molecule has 0 radical (unpaired) electrons. The molecule has 3 heteroatoms. The highest BCUT2D eigenvalue weighted by Gasteiger charge is 2.11. The lowest BCUT2D eigenvalue weighted by Crippen LogP contribution is -2.13. The molecule has 1 N–H and O–H groups in total. The van der Waals surface area contributed by atoms with Gasteiger partial charge in [-0.25, -0.2) is 0 Å². The second-order valence-corrected chi connectivity index (χ2v) is 5.65. The molecule has 0 atom stereocenters. The number of ether oxygens (including phenoxy) is 1. The number of carbonyl (C=O) groups excluding carboxylic acids is 1. The predicted octanol–water partition coefficient (Wildman–Crippen LogP) is 3.97. The van der Waals surface area contributed by atoms with Crippen molar-refractivity contribution >= 4 is 11.6 Å². The number of benzene rings is 2. The van der Waals surface area contributed by atoms with Crippen molar-refractivity contribution in [3.8, 4) is 5.75 Å². The van der Waals surface area contributed by atoms with Crippen LogP contribution >= 0.6 is 0 Å². The highest BCUT2D eigenvalue weighted by Crippen LogP contribution is 2.24. The zero-order chi connectivity index (χ0) is 15.2. The Bertz CT molecular complexity index is 637. The van der Waals surface area contributed by atoms with Crippen LogP contribution in [0.3, 0.4) is 0 Å². The Hall–Kier alpha value is -2.29. The lowest BCUT2D eigenvalue weighted by molar-refractivity contribution is -0.116. The van der Waals surface area contributed by atoms with Gasteiger partial charge in [0.2, 0.25) is 5.91 Å². The highest BCUT2D eigenvalue weighted by atomic mass is 16.5. The average molecular weight is 295 g/mol. The van der Waals surface area contributed by atoms with Crippen LogP contribution < -0.4 is 10.1 Å². The summed E-state index contributed by atoms with van der Waals surface area (Å²) in [5.74, 6) is 0.899. The molecular weight excluding hydrogens is 274 g/mol. The molecule has 0 bridgehead atoms. The molecule has 22 heavy (non-hydrogen) atoms. The Labute approximate surface area is 131 Å². The smallest absolute Gasteiger partial charge is 0.224 e. The SMILES string of the molecule is O=C(CCCOc1ccccc1)Nc1ccc2c(c1)CCC2. The molecule has 0 fully saturated rings. The summed E-state index contributed by atoms with van der Waals surface area (Å²) in [4.78, 5) is 12.0. The summed E-state index contributed by atoms with van der Waals surface area (Å²) in [6.07, 6.45) is 4.71. The Morgan fingerprint density at radius 3 is 2.73 bits per heavy atom. The van der Waals surface area contributed by atoms with Crippen molar-refractivity contribution in [2.24, 2.45) is 0 Å². The lowest BCUT2D eigenvalue weighted by Gasteiger charge is -2.08. The molecule has 0 aliphatic heterocycles. The van der Waals surface area contributed by atoms with Crippen molar-refractivity contribution in [3.05, 3.63) is 59.7 Å². The third kappa shape index (κ3) is 3.88. The van der Waals surface area contributed by atoms with E-state index < -0.39 is 0 Å². The molecule has 0 aromatic heterocycles. The second kappa shape index (κ2) is 7.12. The third-order valence-corrected chi connectivity index (χ3v) is 3.94. The first-order valence-corrected chi connectivity index (χ1v) is 7.91. The first-order valence-electron chi connectivity index (χ1n) is 7.91. The summed E-state index contributed by atoms with van der Waals surface area (Å²) < 4.78 is 5.59. The molecule has 3 rings (SSSR count). The van der Waals surface area contributed by atoms with Crippen LogP contribution in [-0.4, -0.2) is 12.5 Å². The van der Waals surface area contributed by atoms with E-state index in [2.05, 4.69) is 17.4 Å². The zero-order valence-corrected chi connectivity index (χ0v) is 12.7. The van der Waals surface area contributed by atoms with E-state index in [0.29, 0.717) is 19.4 Å². The Balaban J connectivity index is 1.41. The average Bonchev–Trinajstić information content (AvgIpc) is 3.00. The summed E-state index contributed by atoms with van der Waals surface area (Å²) >= 11 is 0. The van der Waals surface area contributed by atoms with Crippen molar-refractivity contribution in [3.63, 3.8) is 0 Å². The van der Waals surface area contributed by atoms with E-state index in [1.807, 2.05) is 36.4 Å². The normalized spacial score (nSPS) is 12.7. The van der Waals surface area contributed by atoms with Crippen LogP contribution in [0, 0.1) is 0 Å². The molecule has 1 aliphatic carbocycles. The Kier molecular flexibility index (Phi) is 4.74. The molecule has 114 valence electrons. The molecule has 1 amide bonds. The zero-order valence-electron chi connectivity index (χ0n) is 12.7. The van der Waals surface area contributed by atoms with Gasteiger partial charge in [-0.3, -0.25) is 4.79 Å². The van der Waals surface area contributed by atoms with Crippen LogP contribution in [0.5, 0.6) is 5.75 Å². The minimum atomic E-state index is 0.0506. The van der Waals surface area contributed by atoms with Gasteiger partial charge in [0.1, 0.15) is 5.75 Å². The van der Waals surface area contributed by atoms with E-state index in [9.17, 15) is 4.79 Å². The Morgan fingerprint density at radius 2 is 1.86 bits per heavy atom. The summed E-state index contributed by atoms with van der Waals surface area (Å²) in [7, 11) is 0.